The second kappa shape index (κ2) is 7.03. The molecule has 1 aliphatic rings. The van der Waals surface area contributed by atoms with E-state index < -0.39 is 0 Å². The fourth-order valence-corrected chi connectivity index (χ4v) is 2.54. The van der Waals surface area contributed by atoms with Gasteiger partial charge in [0.1, 0.15) is 12.4 Å². The van der Waals surface area contributed by atoms with Gasteiger partial charge in [-0.2, -0.15) is 0 Å². The molecule has 0 saturated heterocycles. The van der Waals surface area contributed by atoms with Crippen LogP contribution in [0.1, 0.15) is 35.6 Å². The second-order valence-corrected chi connectivity index (χ2v) is 6.56. The number of nitrogens with zero attached hydrogens (tertiary/aromatic N) is 5. The highest BCUT2D eigenvalue weighted by molar-refractivity contribution is 5.80. The van der Waals surface area contributed by atoms with E-state index >= 15 is 0 Å². The Morgan fingerprint density at radius 2 is 2.04 bits per heavy atom. The second-order valence-electron chi connectivity index (χ2n) is 6.56. The van der Waals surface area contributed by atoms with Crippen LogP contribution in [0.2, 0.25) is 0 Å². The van der Waals surface area contributed by atoms with Crippen molar-refractivity contribution in [2.45, 2.75) is 45.8 Å². The maximum Gasteiger partial charge on any atom is 0.194 e. The molecule has 1 aromatic heterocycles. The van der Waals surface area contributed by atoms with Crippen molar-refractivity contribution in [2.75, 3.05) is 7.05 Å². The molecular formula is C18H26N6. The highest BCUT2D eigenvalue weighted by Crippen LogP contribution is 2.19. The summed E-state index contributed by atoms with van der Waals surface area (Å²) in [5.74, 6) is 2.72. The number of nitrogens with one attached hydrogen (secondary N) is 1. The first-order chi connectivity index (χ1) is 11.5. The largest absolute Gasteiger partial charge is 0.353 e. The molecule has 1 heterocycles. The average molecular weight is 326 g/mol. The number of rotatable bonds is 5. The standard InChI is InChI=1S/C18H26N6/c1-13-7-5-6-8-15(13)12-23(3)18(20-16-9-10-16)19-11-17-22-21-14(2)24(17)4/h5-8,16H,9-12H2,1-4H3,(H,19,20). The maximum absolute atomic E-state index is 4.78. The van der Waals surface area contributed by atoms with Gasteiger partial charge in [0.15, 0.2) is 11.8 Å². The molecule has 24 heavy (non-hydrogen) atoms. The zero-order valence-corrected chi connectivity index (χ0v) is 15.0. The Kier molecular flexibility index (Phi) is 4.83. The molecule has 1 N–H and O–H groups in total. The van der Waals surface area contributed by atoms with Gasteiger partial charge in [0.05, 0.1) is 0 Å². The topological polar surface area (TPSA) is 58.3 Å². The van der Waals surface area contributed by atoms with Gasteiger partial charge >= 0.3 is 0 Å². The van der Waals surface area contributed by atoms with Gasteiger partial charge in [-0.25, -0.2) is 4.99 Å². The molecule has 0 atom stereocenters. The average Bonchev–Trinajstić information content (AvgIpc) is 3.33. The van der Waals surface area contributed by atoms with Gasteiger partial charge in [0.25, 0.3) is 0 Å². The Bertz CT molecular complexity index is 729. The smallest absolute Gasteiger partial charge is 0.194 e. The third-order valence-corrected chi connectivity index (χ3v) is 4.49. The highest BCUT2D eigenvalue weighted by atomic mass is 15.3. The summed E-state index contributed by atoms with van der Waals surface area (Å²) >= 11 is 0. The van der Waals surface area contributed by atoms with Gasteiger partial charge in [-0.1, -0.05) is 24.3 Å². The summed E-state index contributed by atoms with van der Waals surface area (Å²) in [5.41, 5.74) is 2.62. The molecule has 6 nitrogen and oxygen atoms in total. The van der Waals surface area contributed by atoms with Crippen LogP contribution in [0.25, 0.3) is 0 Å². The fraction of sp³-hybridized carbons (Fsp3) is 0.500. The summed E-state index contributed by atoms with van der Waals surface area (Å²) in [6.45, 7) is 5.47. The van der Waals surface area contributed by atoms with Crippen LogP contribution in [0.15, 0.2) is 29.3 Å². The van der Waals surface area contributed by atoms with Crippen LogP contribution in [0.5, 0.6) is 0 Å². The van der Waals surface area contributed by atoms with Crippen molar-refractivity contribution in [3.63, 3.8) is 0 Å². The summed E-state index contributed by atoms with van der Waals surface area (Å²) < 4.78 is 1.99. The van der Waals surface area contributed by atoms with E-state index in [1.54, 1.807) is 0 Å². The lowest BCUT2D eigenvalue weighted by Crippen LogP contribution is -2.40. The number of benzene rings is 1. The maximum atomic E-state index is 4.78. The van der Waals surface area contributed by atoms with Gasteiger partial charge in [0, 0.05) is 26.7 Å². The molecule has 2 aromatic rings. The molecule has 3 rings (SSSR count). The van der Waals surface area contributed by atoms with E-state index in [1.807, 2.05) is 18.5 Å². The molecule has 0 radical (unpaired) electrons. The molecule has 1 aliphatic carbocycles. The van der Waals surface area contributed by atoms with Crippen molar-refractivity contribution in [1.29, 1.82) is 0 Å². The van der Waals surface area contributed by atoms with Crippen molar-refractivity contribution < 1.29 is 0 Å². The minimum absolute atomic E-state index is 0.532. The minimum atomic E-state index is 0.532. The van der Waals surface area contributed by atoms with Crippen molar-refractivity contribution in [3.8, 4) is 0 Å². The Hall–Kier alpha value is -2.37. The lowest BCUT2D eigenvalue weighted by Gasteiger charge is -2.23. The number of guanidine groups is 1. The van der Waals surface area contributed by atoms with Gasteiger partial charge in [-0.05, 0) is 37.8 Å². The quantitative estimate of drug-likeness (QED) is 0.676. The van der Waals surface area contributed by atoms with Crippen molar-refractivity contribution in [2.24, 2.45) is 12.0 Å². The van der Waals surface area contributed by atoms with E-state index in [-0.39, 0.29) is 0 Å². The molecule has 0 unspecified atom stereocenters. The first-order valence-electron chi connectivity index (χ1n) is 8.46. The van der Waals surface area contributed by atoms with E-state index in [2.05, 4.69) is 58.7 Å². The van der Waals surface area contributed by atoms with Crippen molar-refractivity contribution >= 4 is 5.96 Å². The number of aromatic nitrogens is 3. The SMILES string of the molecule is Cc1ccccc1CN(C)C(=NCc1nnc(C)n1C)NC1CC1. The van der Waals surface area contributed by atoms with Gasteiger partial charge in [-0.15, -0.1) is 10.2 Å². The van der Waals surface area contributed by atoms with Crippen molar-refractivity contribution in [3.05, 3.63) is 47.0 Å². The van der Waals surface area contributed by atoms with Crippen LogP contribution in [0.4, 0.5) is 0 Å². The zero-order valence-electron chi connectivity index (χ0n) is 15.0. The number of aliphatic imine (C=N–C) groups is 1. The van der Waals surface area contributed by atoms with E-state index in [4.69, 9.17) is 4.99 Å². The van der Waals surface area contributed by atoms with E-state index in [9.17, 15) is 0 Å². The fourth-order valence-electron chi connectivity index (χ4n) is 2.54. The molecule has 1 saturated carbocycles. The normalized spacial score (nSPS) is 14.8. The predicted octanol–water partition coefficient (Wildman–Crippen LogP) is 2.17. The van der Waals surface area contributed by atoms with Crippen LogP contribution in [-0.4, -0.2) is 38.7 Å². The number of hydrogen-bond acceptors (Lipinski definition) is 3. The predicted molar refractivity (Wildman–Crippen MR) is 95.7 cm³/mol. The van der Waals surface area contributed by atoms with Gasteiger partial charge < -0.3 is 14.8 Å². The van der Waals surface area contributed by atoms with Gasteiger partial charge in [-0.3, -0.25) is 0 Å². The Labute approximate surface area is 143 Å². The lowest BCUT2D eigenvalue weighted by atomic mass is 10.1. The van der Waals surface area contributed by atoms with Crippen LogP contribution in [0, 0.1) is 13.8 Å². The van der Waals surface area contributed by atoms with Gasteiger partial charge in [0.2, 0.25) is 0 Å². The molecule has 0 aliphatic heterocycles. The lowest BCUT2D eigenvalue weighted by molar-refractivity contribution is 0.472. The third-order valence-electron chi connectivity index (χ3n) is 4.49. The summed E-state index contributed by atoms with van der Waals surface area (Å²) in [6.07, 6.45) is 2.45. The van der Waals surface area contributed by atoms with Crippen molar-refractivity contribution in [1.82, 2.24) is 25.0 Å². The summed E-state index contributed by atoms with van der Waals surface area (Å²) in [4.78, 5) is 6.97. The first kappa shape index (κ1) is 16.5. The Balaban J connectivity index is 1.73. The molecule has 1 fully saturated rings. The molecule has 6 heteroatoms. The molecule has 1 aromatic carbocycles. The first-order valence-corrected chi connectivity index (χ1v) is 8.46. The molecule has 0 amide bonds. The van der Waals surface area contributed by atoms with Crippen LogP contribution < -0.4 is 5.32 Å². The molecule has 128 valence electrons. The zero-order chi connectivity index (χ0) is 17.1. The van der Waals surface area contributed by atoms with E-state index in [1.165, 1.54) is 24.0 Å². The Morgan fingerprint density at radius 1 is 1.29 bits per heavy atom. The summed E-state index contributed by atoms with van der Waals surface area (Å²) in [7, 11) is 4.06. The van der Waals surface area contributed by atoms with Crippen LogP contribution in [-0.2, 0) is 20.1 Å². The monoisotopic (exact) mass is 326 g/mol. The Morgan fingerprint density at radius 3 is 2.67 bits per heavy atom. The number of aryl methyl sites for hydroxylation is 2. The van der Waals surface area contributed by atoms with Crippen LogP contribution >= 0.6 is 0 Å². The summed E-state index contributed by atoms with van der Waals surface area (Å²) in [6, 6.07) is 9.05. The number of hydrogen-bond donors (Lipinski definition) is 1. The van der Waals surface area contributed by atoms with E-state index in [0.29, 0.717) is 12.6 Å². The molecular weight excluding hydrogens is 300 g/mol. The minimum Gasteiger partial charge on any atom is -0.353 e. The molecule has 0 spiro atoms. The molecule has 0 bridgehead atoms. The highest BCUT2D eigenvalue weighted by Gasteiger charge is 2.24. The van der Waals surface area contributed by atoms with Crippen LogP contribution in [0.3, 0.4) is 0 Å². The summed E-state index contributed by atoms with van der Waals surface area (Å²) in [5, 5.41) is 11.8. The van der Waals surface area contributed by atoms with E-state index in [0.717, 1.165) is 24.2 Å². The third kappa shape index (κ3) is 3.93.